The molecule has 1 aliphatic heterocycles. The molecule has 1 aliphatic rings. The molecule has 3 rings (SSSR count). The first-order valence-corrected chi connectivity index (χ1v) is 11.4. The van der Waals surface area contributed by atoms with Crippen LogP contribution >= 0.6 is 0 Å². The van der Waals surface area contributed by atoms with Crippen molar-refractivity contribution in [2.24, 2.45) is 5.73 Å². The largest absolute Gasteiger partial charge is 0.506 e. The lowest BCUT2D eigenvalue weighted by molar-refractivity contribution is -0.127. The van der Waals surface area contributed by atoms with Crippen LogP contribution in [0, 0.1) is 13.8 Å². The van der Waals surface area contributed by atoms with E-state index in [0.29, 0.717) is 31.5 Å². The Bertz CT molecular complexity index is 1030. The van der Waals surface area contributed by atoms with Crippen LogP contribution in [0.2, 0.25) is 0 Å². The van der Waals surface area contributed by atoms with Gasteiger partial charge in [0.25, 0.3) is 0 Å². The second-order valence-corrected chi connectivity index (χ2v) is 8.69. The number of rotatable bonds is 9. The minimum absolute atomic E-state index is 0.0273. The average molecular weight is 468 g/mol. The molecule has 34 heavy (non-hydrogen) atoms. The number of carbonyl (C=O) groups excluding carboxylic acids is 3. The Kier molecular flexibility index (Phi) is 8.61. The van der Waals surface area contributed by atoms with Crippen molar-refractivity contribution in [3.8, 4) is 5.75 Å². The van der Waals surface area contributed by atoms with Gasteiger partial charge >= 0.3 is 0 Å². The molecule has 0 saturated carbocycles. The Morgan fingerprint density at radius 1 is 1.15 bits per heavy atom. The fraction of sp³-hybridized carbons (Fsp3) is 0.400. The van der Waals surface area contributed by atoms with E-state index in [-0.39, 0.29) is 30.2 Å². The molecule has 0 aliphatic carbocycles. The van der Waals surface area contributed by atoms with Gasteiger partial charge in [0, 0.05) is 12.6 Å². The van der Waals surface area contributed by atoms with Crippen LogP contribution in [0.5, 0.6) is 5.75 Å². The molecule has 1 saturated heterocycles. The van der Waals surface area contributed by atoms with Gasteiger partial charge in [-0.1, -0.05) is 30.3 Å². The highest BCUT2D eigenvalue weighted by atomic mass is 16.3. The minimum atomic E-state index is -0.812. The molecule has 0 aromatic heterocycles. The molecule has 0 unspecified atom stereocenters. The first kappa shape index (κ1) is 25.2. The van der Waals surface area contributed by atoms with Crippen molar-refractivity contribution >= 4 is 23.4 Å². The lowest BCUT2D eigenvalue weighted by Gasteiger charge is -2.21. The summed E-state index contributed by atoms with van der Waals surface area (Å²) in [6, 6.07) is 11.5. The normalized spacial score (nSPS) is 18.2. The number of phenols is 1. The molecule has 3 amide bonds. The van der Waals surface area contributed by atoms with Crippen LogP contribution in [0.1, 0.15) is 29.5 Å². The van der Waals surface area contributed by atoms with Crippen molar-refractivity contribution in [1.29, 1.82) is 0 Å². The number of nitrogens with one attached hydrogen (secondary N) is 4. The number of phenolic OH excluding ortho intramolecular Hbond substituents is 1. The van der Waals surface area contributed by atoms with E-state index in [2.05, 4.69) is 21.3 Å². The van der Waals surface area contributed by atoms with E-state index in [9.17, 15) is 19.5 Å². The highest BCUT2D eigenvalue weighted by Gasteiger charge is 2.32. The smallest absolute Gasteiger partial charge is 0.247 e. The summed E-state index contributed by atoms with van der Waals surface area (Å²) >= 11 is 0. The molecule has 9 nitrogen and oxygen atoms in total. The fourth-order valence-corrected chi connectivity index (χ4v) is 3.95. The number of benzene rings is 2. The summed E-state index contributed by atoms with van der Waals surface area (Å²) in [5.41, 5.74) is 8.53. The molecular formula is C25H33N5O4. The maximum atomic E-state index is 13.2. The van der Waals surface area contributed by atoms with Gasteiger partial charge in [0.15, 0.2) is 0 Å². The number of amides is 3. The summed E-state index contributed by atoms with van der Waals surface area (Å²) < 4.78 is 0. The van der Waals surface area contributed by atoms with Crippen molar-refractivity contribution in [3.63, 3.8) is 0 Å². The predicted octanol–water partition coefficient (Wildman–Crippen LogP) is 0.871. The van der Waals surface area contributed by atoms with E-state index in [1.54, 1.807) is 12.1 Å². The van der Waals surface area contributed by atoms with E-state index in [4.69, 9.17) is 5.73 Å². The standard InChI is InChI=1S/C25H33N5O4/c1-15-10-20(22(31)11-16(15)2)30-24(33)19(9-8-17-6-4-3-5-7-17)29-25(34)21-12-18(14-27-21)28-23(32)13-26/h3-7,10-11,18-19,21,27,31H,8-9,12-14,26H2,1-2H3,(H,28,32)(H,29,34)(H,30,33)/t18-,19-,21+/m1/s1. The maximum Gasteiger partial charge on any atom is 0.247 e. The Morgan fingerprint density at radius 2 is 1.85 bits per heavy atom. The number of nitrogens with two attached hydrogens (primary N) is 1. The van der Waals surface area contributed by atoms with E-state index in [1.165, 1.54) is 0 Å². The highest BCUT2D eigenvalue weighted by molar-refractivity contribution is 5.99. The molecular weight excluding hydrogens is 434 g/mol. The van der Waals surface area contributed by atoms with Crippen LogP contribution in [0.25, 0.3) is 0 Å². The molecule has 1 heterocycles. The molecule has 0 radical (unpaired) electrons. The zero-order chi connectivity index (χ0) is 24.7. The zero-order valence-corrected chi connectivity index (χ0v) is 19.6. The number of carbonyl (C=O) groups is 3. The Morgan fingerprint density at radius 3 is 2.56 bits per heavy atom. The molecule has 2 aromatic rings. The SMILES string of the molecule is Cc1cc(O)c(NC(=O)[C@@H](CCc2ccccc2)NC(=O)[C@@H]2C[C@@H](NC(=O)CN)CN2)cc1C. The van der Waals surface area contributed by atoms with Crippen molar-refractivity contribution in [2.45, 2.75) is 51.2 Å². The van der Waals surface area contributed by atoms with Crippen molar-refractivity contribution in [1.82, 2.24) is 16.0 Å². The van der Waals surface area contributed by atoms with E-state index >= 15 is 0 Å². The van der Waals surface area contributed by atoms with E-state index in [0.717, 1.165) is 16.7 Å². The minimum Gasteiger partial charge on any atom is -0.506 e. The van der Waals surface area contributed by atoms with Crippen LogP contribution in [-0.4, -0.2) is 54.0 Å². The number of hydrogen-bond donors (Lipinski definition) is 6. The molecule has 9 heteroatoms. The van der Waals surface area contributed by atoms with Crippen LogP contribution in [-0.2, 0) is 20.8 Å². The second-order valence-electron chi connectivity index (χ2n) is 8.69. The highest BCUT2D eigenvalue weighted by Crippen LogP contribution is 2.27. The number of aromatic hydroxyl groups is 1. The van der Waals surface area contributed by atoms with Gasteiger partial charge in [0.05, 0.1) is 18.3 Å². The first-order chi connectivity index (χ1) is 16.3. The lowest BCUT2D eigenvalue weighted by Crippen LogP contribution is -2.50. The fourth-order valence-electron chi connectivity index (χ4n) is 3.95. The molecule has 1 fully saturated rings. The Balaban J connectivity index is 1.69. The summed E-state index contributed by atoms with van der Waals surface area (Å²) in [5, 5.41) is 21.7. The van der Waals surface area contributed by atoms with Gasteiger partial charge in [-0.3, -0.25) is 14.4 Å². The lowest BCUT2D eigenvalue weighted by atomic mass is 10.0. The topological polar surface area (TPSA) is 146 Å². The maximum absolute atomic E-state index is 13.2. The van der Waals surface area contributed by atoms with Crippen LogP contribution in [0.15, 0.2) is 42.5 Å². The molecule has 182 valence electrons. The molecule has 2 aromatic carbocycles. The predicted molar refractivity (Wildman–Crippen MR) is 130 cm³/mol. The third-order valence-electron chi connectivity index (χ3n) is 6.07. The summed E-state index contributed by atoms with van der Waals surface area (Å²) in [6.07, 6.45) is 1.38. The summed E-state index contributed by atoms with van der Waals surface area (Å²) in [5.74, 6) is -1.03. The summed E-state index contributed by atoms with van der Waals surface area (Å²) in [7, 11) is 0. The third-order valence-corrected chi connectivity index (χ3v) is 6.07. The molecule has 7 N–H and O–H groups in total. The van der Waals surface area contributed by atoms with Gasteiger partial charge in [0.2, 0.25) is 17.7 Å². The van der Waals surface area contributed by atoms with E-state index in [1.807, 2.05) is 44.2 Å². The van der Waals surface area contributed by atoms with Crippen LogP contribution in [0.4, 0.5) is 5.69 Å². The van der Waals surface area contributed by atoms with Gasteiger partial charge in [-0.05, 0) is 61.9 Å². The van der Waals surface area contributed by atoms with Gasteiger partial charge in [-0.25, -0.2) is 0 Å². The Hall–Kier alpha value is -3.43. The quantitative estimate of drug-likeness (QED) is 0.302. The number of hydrogen-bond acceptors (Lipinski definition) is 6. The second kappa shape index (κ2) is 11.6. The average Bonchev–Trinajstić information content (AvgIpc) is 3.29. The van der Waals surface area contributed by atoms with Crippen LogP contribution in [0.3, 0.4) is 0 Å². The Labute approximate surface area is 199 Å². The zero-order valence-electron chi connectivity index (χ0n) is 19.6. The van der Waals surface area contributed by atoms with Crippen molar-refractivity contribution < 1.29 is 19.5 Å². The number of anilines is 1. The summed E-state index contributed by atoms with van der Waals surface area (Å²) in [4.78, 5) is 37.6. The molecule has 0 spiro atoms. The first-order valence-electron chi connectivity index (χ1n) is 11.4. The monoisotopic (exact) mass is 467 g/mol. The van der Waals surface area contributed by atoms with Crippen molar-refractivity contribution in [3.05, 3.63) is 59.2 Å². The van der Waals surface area contributed by atoms with Gasteiger partial charge in [0.1, 0.15) is 11.8 Å². The van der Waals surface area contributed by atoms with Crippen LogP contribution < -0.4 is 27.0 Å². The van der Waals surface area contributed by atoms with E-state index < -0.39 is 18.0 Å². The molecule has 3 atom stereocenters. The van der Waals surface area contributed by atoms with Gasteiger partial charge < -0.3 is 32.1 Å². The van der Waals surface area contributed by atoms with Crippen molar-refractivity contribution in [2.75, 3.05) is 18.4 Å². The molecule has 0 bridgehead atoms. The summed E-state index contributed by atoms with van der Waals surface area (Å²) in [6.45, 7) is 4.10. The third kappa shape index (κ3) is 6.79. The van der Waals surface area contributed by atoms with Gasteiger partial charge in [-0.15, -0.1) is 0 Å². The van der Waals surface area contributed by atoms with Gasteiger partial charge in [-0.2, -0.15) is 0 Å². The number of aryl methyl sites for hydroxylation is 3.